The first-order valence-electron chi connectivity index (χ1n) is 7.54. The molecule has 5 heteroatoms. The maximum Gasteiger partial charge on any atom is 0.416 e. The Labute approximate surface area is 141 Å². The number of halogens is 4. The minimum Gasteiger partial charge on any atom is -0.166 e. The molecule has 1 aromatic heterocycles. The lowest BCUT2D eigenvalue weighted by Crippen LogP contribution is -2.04. The molecule has 0 radical (unpaired) electrons. The molecule has 0 nitrogen and oxygen atoms in total. The van der Waals surface area contributed by atoms with Crippen molar-refractivity contribution < 1.29 is 13.2 Å². The topological polar surface area (TPSA) is 0 Å². The second kappa shape index (κ2) is 7.35. The van der Waals surface area contributed by atoms with Gasteiger partial charge in [-0.2, -0.15) is 13.2 Å². The first kappa shape index (κ1) is 17.8. The zero-order valence-electron chi connectivity index (χ0n) is 12.8. The predicted octanol–water partition coefficient (Wildman–Crippen LogP) is 7.29. The molecular formula is C17H20BrF3S. The summed E-state index contributed by atoms with van der Waals surface area (Å²) in [5.41, 5.74) is 0.464. The second-order valence-electron chi connectivity index (χ2n) is 5.62. The molecule has 1 aromatic carbocycles. The van der Waals surface area contributed by atoms with Gasteiger partial charge in [0.15, 0.2) is 0 Å². The molecule has 0 amide bonds. The van der Waals surface area contributed by atoms with E-state index in [2.05, 4.69) is 22.9 Å². The molecule has 2 rings (SSSR count). The Morgan fingerprint density at radius 3 is 2.55 bits per heavy atom. The van der Waals surface area contributed by atoms with Gasteiger partial charge < -0.3 is 0 Å². The van der Waals surface area contributed by atoms with Gasteiger partial charge in [0, 0.05) is 14.9 Å². The van der Waals surface area contributed by atoms with Crippen LogP contribution in [0.2, 0.25) is 0 Å². The zero-order chi connectivity index (χ0) is 16.3. The molecule has 22 heavy (non-hydrogen) atoms. The Kier molecular flexibility index (Phi) is 5.94. The van der Waals surface area contributed by atoms with Crippen molar-refractivity contribution in [3.05, 3.63) is 34.2 Å². The minimum atomic E-state index is -4.28. The van der Waals surface area contributed by atoms with Gasteiger partial charge in [-0.1, -0.05) is 35.7 Å². The monoisotopic (exact) mass is 392 g/mol. The maximum absolute atomic E-state index is 12.9. The third-order valence-corrected chi connectivity index (χ3v) is 5.93. The van der Waals surface area contributed by atoms with Crippen molar-refractivity contribution >= 4 is 37.4 Å². The summed E-state index contributed by atoms with van der Waals surface area (Å²) in [6.07, 6.45) is 0.141. The highest BCUT2D eigenvalue weighted by Crippen LogP contribution is 2.41. The smallest absolute Gasteiger partial charge is 0.166 e. The molecule has 0 fully saturated rings. The van der Waals surface area contributed by atoms with Gasteiger partial charge >= 0.3 is 6.18 Å². The predicted molar refractivity (Wildman–Crippen MR) is 92.2 cm³/mol. The van der Waals surface area contributed by atoms with E-state index in [0.717, 1.165) is 46.7 Å². The molecule has 0 aliphatic carbocycles. The van der Waals surface area contributed by atoms with Crippen LogP contribution in [-0.4, -0.2) is 5.33 Å². The largest absolute Gasteiger partial charge is 0.416 e. The van der Waals surface area contributed by atoms with Gasteiger partial charge in [0.1, 0.15) is 0 Å². The Bertz CT molecular complexity index is 631. The highest BCUT2D eigenvalue weighted by Gasteiger charge is 2.31. The standard InChI is InChI=1S/C17H20BrF3S/c1-3-4-5-12(8-9-18)16-11(2)14-10-13(17(19,20)21)6-7-15(14)22-16/h6-7,10,12H,3-5,8-9H2,1-2H3. The van der Waals surface area contributed by atoms with Crippen molar-refractivity contribution in [2.75, 3.05) is 5.33 Å². The Hall–Kier alpha value is -0.550. The van der Waals surface area contributed by atoms with Crippen molar-refractivity contribution in [3.63, 3.8) is 0 Å². The number of rotatable bonds is 6. The van der Waals surface area contributed by atoms with Crippen LogP contribution >= 0.6 is 27.3 Å². The van der Waals surface area contributed by atoms with Gasteiger partial charge in [-0.25, -0.2) is 0 Å². The van der Waals surface area contributed by atoms with Crippen molar-refractivity contribution in [1.82, 2.24) is 0 Å². The lowest BCUT2D eigenvalue weighted by Gasteiger charge is -2.15. The summed E-state index contributed by atoms with van der Waals surface area (Å²) in [5.74, 6) is 0.436. The number of hydrogen-bond acceptors (Lipinski definition) is 1. The molecule has 1 unspecified atom stereocenters. The van der Waals surface area contributed by atoms with Crippen molar-refractivity contribution in [3.8, 4) is 0 Å². The van der Waals surface area contributed by atoms with Gasteiger partial charge in [-0.3, -0.25) is 0 Å². The fourth-order valence-corrected chi connectivity index (χ4v) is 4.71. The van der Waals surface area contributed by atoms with E-state index in [1.807, 2.05) is 6.92 Å². The summed E-state index contributed by atoms with van der Waals surface area (Å²) in [6, 6.07) is 4.10. The molecule has 2 aromatic rings. The van der Waals surface area contributed by atoms with E-state index in [1.165, 1.54) is 17.0 Å². The van der Waals surface area contributed by atoms with E-state index in [-0.39, 0.29) is 0 Å². The van der Waals surface area contributed by atoms with Crippen LogP contribution < -0.4 is 0 Å². The van der Waals surface area contributed by atoms with E-state index in [1.54, 1.807) is 17.4 Å². The molecule has 0 N–H and O–H groups in total. The summed E-state index contributed by atoms with van der Waals surface area (Å²) < 4.78 is 39.6. The number of alkyl halides is 4. The number of fused-ring (bicyclic) bond motifs is 1. The minimum absolute atomic E-state index is 0.436. The molecule has 0 saturated carbocycles. The highest BCUT2D eigenvalue weighted by molar-refractivity contribution is 9.09. The number of benzene rings is 1. The van der Waals surface area contributed by atoms with Crippen LogP contribution in [0.1, 0.15) is 54.5 Å². The molecule has 0 spiro atoms. The number of aryl methyl sites for hydroxylation is 1. The molecule has 0 aliphatic heterocycles. The van der Waals surface area contributed by atoms with Crippen LogP contribution in [0.4, 0.5) is 13.2 Å². The van der Waals surface area contributed by atoms with Gasteiger partial charge in [-0.05, 0) is 54.8 Å². The van der Waals surface area contributed by atoms with Crippen LogP contribution in [0.5, 0.6) is 0 Å². The summed E-state index contributed by atoms with van der Waals surface area (Å²) >= 11 is 5.15. The Balaban J connectivity index is 2.44. The van der Waals surface area contributed by atoms with Crippen molar-refractivity contribution in [1.29, 1.82) is 0 Å². The summed E-state index contributed by atoms with van der Waals surface area (Å²) in [6.45, 7) is 4.13. The Morgan fingerprint density at radius 1 is 1.23 bits per heavy atom. The van der Waals surface area contributed by atoms with Crippen LogP contribution in [0, 0.1) is 6.92 Å². The van der Waals surface area contributed by atoms with E-state index >= 15 is 0 Å². The molecule has 0 saturated heterocycles. The molecule has 0 bridgehead atoms. The van der Waals surface area contributed by atoms with Gasteiger partial charge in [0.2, 0.25) is 0 Å². The first-order chi connectivity index (χ1) is 10.4. The summed E-state index contributed by atoms with van der Waals surface area (Å²) in [5, 5.41) is 1.67. The van der Waals surface area contributed by atoms with Gasteiger partial charge in [0.05, 0.1) is 5.56 Å². The maximum atomic E-state index is 12.9. The average Bonchev–Trinajstić information content (AvgIpc) is 2.79. The third-order valence-electron chi connectivity index (χ3n) is 4.03. The SMILES string of the molecule is CCCCC(CCBr)c1sc2ccc(C(F)(F)F)cc2c1C. The van der Waals surface area contributed by atoms with E-state index < -0.39 is 11.7 Å². The van der Waals surface area contributed by atoms with Gasteiger partial charge in [-0.15, -0.1) is 11.3 Å². The first-order valence-corrected chi connectivity index (χ1v) is 9.48. The lowest BCUT2D eigenvalue weighted by atomic mass is 9.94. The van der Waals surface area contributed by atoms with Crippen molar-refractivity contribution in [2.45, 2.75) is 51.6 Å². The molecule has 0 aliphatic rings. The fourth-order valence-electron chi connectivity index (χ4n) is 2.79. The number of thiophene rings is 1. The highest BCUT2D eigenvalue weighted by atomic mass is 79.9. The summed E-state index contributed by atoms with van der Waals surface area (Å²) in [7, 11) is 0. The van der Waals surface area contributed by atoms with E-state index in [0.29, 0.717) is 5.92 Å². The third kappa shape index (κ3) is 3.85. The van der Waals surface area contributed by atoms with Crippen LogP contribution in [-0.2, 0) is 6.18 Å². The number of hydrogen-bond donors (Lipinski definition) is 0. The normalized spacial score (nSPS) is 13.7. The lowest BCUT2D eigenvalue weighted by molar-refractivity contribution is -0.137. The van der Waals surface area contributed by atoms with E-state index in [9.17, 15) is 13.2 Å². The summed E-state index contributed by atoms with van der Waals surface area (Å²) in [4.78, 5) is 1.25. The van der Waals surface area contributed by atoms with Crippen LogP contribution in [0.25, 0.3) is 10.1 Å². The quantitative estimate of drug-likeness (QED) is 0.452. The number of unbranched alkanes of at least 4 members (excludes halogenated alkanes) is 1. The zero-order valence-corrected chi connectivity index (χ0v) is 15.2. The molecule has 1 heterocycles. The van der Waals surface area contributed by atoms with Gasteiger partial charge in [0.25, 0.3) is 0 Å². The Morgan fingerprint density at radius 2 is 1.95 bits per heavy atom. The molecular weight excluding hydrogens is 373 g/mol. The average molecular weight is 393 g/mol. The molecule has 122 valence electrons. The fraction of sp³-hybridized carbons (Fsp3) is 0.529. The molecule has 1 atom stereocenters. The second-order valence-corrected chi connectivity index (χ2v) is 7.49. The van der Waals surface area contributed by atoms with Crippen molar-refractivity contribution in [2.24, 2.45) is 0 Å². The van der Waals surface area contributed by atoms with Crippen LogP contribution in [0.3, 0.4) is 0 Å². The van der Waals surface area contributed by atoms with Crippen LogP contribution in [0.15, 0.2) is 18.2 Å². The van der Waals surface area contributed by atoms with E-state index in [4.69, 9.17) is 0 Å².